The molecule has 10 nitrogen and oxygen atoms in total. The first kappa shape index (κ1) is 21.3. The van der Waals surface area contributed by atoms with Crippen LogP contribution in [0.2, 0.25) is 0 Å². The summed E-state index contributed by atoms with van der Waals surface area (Å²) in [4.78, 5) is 47.5. The van der Waals surface area contributed by atoms with Gasteiger partial charge in [-0.3, -0.25) is 34.2 Å². The van der Waals surface area contributed by atoms with E-state index in [1.165, 1.54) is 11.0 Å². The van der Waals surface area contributed by atoms with Crippen LogP contribution in [0.1, 0.15) is 23.7 Å². The Labute approximate surface area is 194 Å². The summed E-state index contributed by atoms with van der Waals surface area (Å²) in [5.41, 5.74) is 2.88. The molecular formula is C24H20N6O4. The summed E-state index contributed by atoms with van der Waals surface area (Å²) >= 11 is 0. The van der Waals surface area contributed by atoms with Crippen molar-refractivity contribution >= 4 is 40.2 Å². The van der Waals surface area contributed by atoms with Gasteiger partial charge in [0, 0.05) is 23.5 Å². The Morgan fingerprint density at radius 2 is 1.94 bits per heavy atom. The molecule has 4 aromatic rings. The number of aryl methyl sites for hydroxylation is 1. The van der Waals surface area contributed by atoms with Crippen molar-refractivity contribution in [1.82, 2.24) is 14.5 Å². The molecule has 1 aliphatic rings. The van der Waals surface area contributed by atoms with Crippen LogP contribution in [-0.2, 0) is 16.1 Å². The Balaban J connectivity index is 1.45. The maximum atomic E-state index is 13.4. The van der Waals surface area contributed by atoms with Gasteiger partial charge < -0.3 is 5.32 Å². The zero-order valence-corrected chi connectivity index (χ0v) is 18.2. The van der Waals surface area contributed by atoms with Crippen LogP contribution in [0.15, 0.2) is 66.9 Å². The SMILES string of the molecule is Cc1ccc(NC(=O)CC2C(=O)N(Cc3ccccn3)c3nc4ccccc4n32)cc1[N+](=O)[O-]. The third-order valence-corrected chi connectivity index (χ3v) is 5.80. The fraction of sp³-hybridized carbons (Fsp3) is 0.167. The van der Waals surface area contributed by atoms with Gasteiger partial charge in [0.15, 0.2) is 0 Å². The Hall–Kier alpha value is -4.60. The number of nitrogens with zero attached hydrogens (tertiary/aromatic N) is 5. The summed E-state index contributed by atoms with van der Waals surface area (Å²) < 4.78 is 1.78. The number of anilines is 2. The lowest BCUT2D eigenvalue weighted by Gasteiger charge is -2.15. The Morgan fingerprint density at radius 3 is 2.71 bits per heavy atom. The quantitative estimate of drug-likeness (QED) is 0.348. The van der Waals surface area contributed by atoms with E-state index >= 15 is 0 Å². The molecule has 3 heterocycles. The van der Waals surface area contributed by atoms with E-state index in [1.54, 1.807) is 35.9 Å². The molecule has 0 radical (unpaired) electrons. The van der Waals surface area contributed by atoms with Crippen molar-refractivity contribution in [3.05, 3.63) is 88.2 Å². The van der Waals surface area contributed by atoms with Crippen molar-refractivity contribution in [3.8, 4) is 0 Å². The highest BCUT2D eigenvalue weighted by Gasteiger charge is 2.41. The van der Waals surface area contributed by atoms with Crippen LogP contribution < -0.4 is 10.2 Å². The van der Waals surface area contributed by atoms with Gasteiger partial charge in [0.05, 0.1) is 34.6 Å². The molecule has 0 saturated heterocycles. The minimum Gasteiger partial charge on any atom is -0.326 e. The number of carbonyl (C=O) groups is 2. The van der Waals surface area contributed by atoms with Gasteiger partial charge in [0.1, 0.15) is 6.04 Å². The van der Waals surface area contributed by atoms with E-state index in [9.17, 15) is 19.7 Å². The number of pyridine rings is 1. The molecular weight excluding hydrogens is 436 g/mol. The number of fused-ring (bicyclic) bond motifs is 3. The molecule has 1 aliphatic heterocycles. The van der Waals surface area contributed by atoms with Crippen LogP contribution in [0.3, 0.4) is 0 Å². The van der Waals surface area contributed by atoms with Gasteiger partial charge in [-0.25, -0.2) is 4.98 Å². The molecule has 0 bridgehead atoms. The lowest BCUT2D eigenvalue weighted by molar-refractivity contribution is -0.385. The van der Waals surface area contributed by atoms with Crippen LogP contribution in [-0.4, -0.2) is 31.3 Å². The minimum atomic E-state index is -0.799. The van der Waals surface area contributed by atoms with Crippen molar-refractivity contribution in [2.24, 2.45) is 0 Å². The third kappa shape index (κ3) is 3.75. The summed E-state index contributed by atoms with van der Waals surface area (Å²) in [5, 5.41) is 13.9. The highest BCUT2D eigenvalue weighted by molar-refractivity contribution is 6.05. The lowest BCUT2D eigenvalue weighted by Crippen LogP contribution is -2.31. The summed E-state index contributed by atoms with van der Waals surface area (Å²) in [7, 11) is 0. The molecule has 2 amide bonds. The normalized spacial score (nSPS) is 14.9. The van der Waals surface area contributed by atoms with Crippen LogP contribution >= 0.6 is 0 Å². The standard InChI is InChI=1S/C24H20N6O4/c1-15-9-10-16(12-20(15)30(33)34)26-22(31)13-21-23(32)28(14-17-6-4-5-11-25-17)24-27-18-7-2-3-8-19(18)29(21)24/h2-12,21H,13-14H2,1H3,(H,26,31). The number of imidazole rings is 1. The summed E-state index contributed by atoms with van der Waals surface area (Å²) in [6.45, 7) is 1.86. The van der Waals surface area contributed by atoms with Crippen molar-refractivity contribution in [2.45, 2.75) is 25.9 Å². The lowest BCUT2D eigenvalue weighted by atomic mass is 10.1. The number of nitro groups is 1. The van der Waals surface area contributed by atoms with Crippen LogP contribution in [0.4, 0.5) is 17.3 Å². The Kier molecular flexibility index (Phi) is 5.25. The molecule has 2 aromatic heterocycles. The highest BCUT2D eigenvalue weighted by atomic mass is 16.6. The molecule has 0 aliphatic carbocycles. The number of aromatic nitrogens is 3. The summed E-state index contributed by atoms with van der Waals surface area (Å²) in [6, 6.07) is 16.6. The largest absolute Gasteiger partial charge is 0.326 e. The molecule has 0 saturated carbocycles. The first-order valence-corrected chi connectivity index (χ1v) is 10.7. The second-order valence-corrected chi connectivity index (χ2v) is 8.04. The van der Waals surface area contributed by atoms with Gasteiger partial charge in [-0.15, -0.1) is 0 Å². The second kappa shape index (κ2) is 8.39. The number of amides is 2. The van der Waals surface area contributed by atoms with Gasteiger partial charge in [0.25, 0.3) is 11.6 Å². The average Bonchev–Trinajstić information content (AvgIpc) is 3.31. The maximum absolute atomic E-state index is 13.4. The maximum Gasteiger partial charge on any atom is 0.274 e. The topological polar surface area (TPSA) is 123 Å². The second-order valence-electron chi connectivity index (χ2n) is 8.04. The van der Waals surface area contributed by atoms with Gasteiger partial charge in [-0.05, 0) is 37.3 Å². The van der Waals surface area contributed by atoms with Crippen LogP contribution in [0, 0.1) is 17.0 Å². The fourth-order valence-electron chi connectivity index (χ4n) is 4.17. The van der Waals surface area contributed by atoms with Crippen molar-refractivity contribution in [1.29, 1.82) is 0 Å². The Morgan fingerprint density at radius 1 is 1.15 bits per heavy atom. The molecule has 170 valence electrons. The third-order valence-electron chi connectivity index (χ3n) is 5.80. The number of nitro benzene ring substituents is 1. The van der Waals surface area contributed by atoms with E-state index in [2.05, 4.69) is 15.3 Å². The highest BCUT2D eigenvalue weighted by Crippen LogP contribution is 2.37. The van der Waals surface area contributed by atoms with Crippen LogP contribution in [0.25, 0.3) is 11.0 Å². The van der Waals surface area contributed by atoms with E-state index in [1.807, 2.05) is 36.4 Å². The first-order chi connectivity index (χ1) is 16.4. The number of para-hydroxylation sites is 2. The van der Waals surface area contributed by atoms with E-state index in [4.69, 9.17) is 0 Å². The molecule has 34 heavy (non-hydrogen) atoms. The monoisotopic (exact) mass is 456 g/mol. The number of hydrogen-bond acceptors (Lipinski definition) is 6. The number of rotatable bonds is 6. The molecule has 1 unspecified atom stereocenters. The van der Waals surface area contributed by atoms with Gasteiger partial charge in [-0.2, -0.15) is 0 Å². The number of hydrogen-bond donors (Lipinski definition) is 1. The van der Waals surface area contributed by atoms with Crippen LogP contribution in [0.5, 0.6) is 0 Å². The molecule has 5 rings (SSSR count). The van der Waals surface area contributed by atoms with Crippen molar-refractivity contribution < 1.29 is 14.5 Å². The predicted molar refractivity (Wildman–Crippen MR) is 125 cm³/mol. The molecule has 2 aromatic carbocycles. The molecule has 0 spiro atoms. The van der Waals surface area contributed by atoms with E-state index < -0.39 is 16.9 Å². The smallest absolute Gasteiger partial charge is 0.274 e. The van der Waals surface area contributed by atoms with Gasteiger partial charge in [0.2, 0.25) is 11.9 Å². The molecule has 0 fully saturated rings. The van der Waals surface area contributed by atoms with E-state index in [0.717, 1.165) is 11.0 Å². The van der Waals surface area contributed by atoms with Crippen molar-refractivity contribution in [3.63, 3.8) is 0 Å². The number of benzene rings is 2. The molecule has 1 atom stereocenters. The summed E-state index contributed by atoms with van der Waals surface area (Å²) in [5.74, 6) is -0.232. The first-order valence-electron chi connectivity index (χ1n) is 10.7. The van der Waals surface area contributed by atoms with Crippen molar-refractivity contribution in [2.75, 3.05) is 10.2 Å². The molecule has 10 heteroatoms. The number of nitrogens with one attached hydrogen (secondary N) is 1. The number of carbonyl (C=O) groups excluding carboxylic acids is 2. The fourth-order valence-corrected chi connectivity index (χ4v) is 4.17. The minimum absolute atomic E-state index is 0.0841. The zero-order valence-electron chi connectivity index (χ0n) is 18.2. The Bertz CT molecular complexity index is 1430. The molecule has 1 N–H and O–H groups in total. The predicted octanol–water partition coefficient (Wildman–Crippen LogP) is 3.76. The summed E-state index contributed by atoms with van der Waals surface area (Å²) in [6.07, 6.45) is 1.51. The average molecular weight is 456 g/mol. The van der Waals surface area contributed by atoms with E-state index in [0.29, 0.717) is 22.9 Å². The van der Waals surface area contributed by atoms with Gasteiger partial charge >= 0.3 is 0 Å². The zero-order chi connectivity index (χ0) is 23.8. The van der Waals surface area contributed by atoms with Gasteiger partial charge in [-0.1, -0.05) is 24.3 Å². The van der Waals surface area contributed by atoms with E-state index in [-0.39, 0.29) is 24.6 Å².